The zero-order valence-electron chi connectivity index (χ0n) is 12.1. The molecule has 3 fully saturated rings. The summed E-state index contributed by atoms with van der Waals surface area (Å²) in [7, 11) is 0. The summed E-state index contributed by atoms with van der Waals surface area (Å²) in [6.45, 7) is 1.61. The molecule has 1 aliphatic carbocycles. The molecule has 3 unspecified atom stereocenters. The van der Waals surface area contributed by atoms with Crippen LogP contribution in [-0.2, 0) is 4.79 Å². The third-order valence-electron chi connectivity index (χ3n) is 4.67. The lowest BCUT2D eigenvalue weighted by molar-refractivity contribution is -0.138. The Bertz CT molecular complexity index is 503. The van der Waals surface area contributed by atoms with Gasteiger partial charge in [-0.05, 0) is 37.1 Å². The molecule has 1 aromatic rings. The van der Waals surface area contributed by atoms with Gasteiger partial charge in [-0.2, -0.15) is 0 Å². The normalized spacial score (nSPS) is 28.5. The molecule has 1 aromatic carbocycles. The highest BCUT2D eigenvalue weighted by atomic mass is 16.5. The monoisotopic (exact) mass is 290 g/mol. The van der Waals surface area contributed by atoms with E-state index in [0.717, 1.165) is 30.8 Å². The van der Waals surface area contributed by atoms with Gasteiger partial charge in [-0.15, -0.1) is 0 Å². The summed E-state index contributed by atoms with van der Waals surface area (Å²) < 4.78 is 6.12. The number of nitrogens with zero attached hydrogens (tertiary/aromatic N) is 1. The van der Waals surface area contributed by atoms with E-state index >= 15 is 0 Å². The molecule has 4 rings (SSSR count). The van der Waals surface area contributed by atoms with Crippen LogP contribution < -0.4 is 10.5 Å². The van der Waals surface area contributed by atoms with Crippen LogP contribution in [0.3, 0.4) is 0 Å². The van der Waals surface area contributed by atoms with Crippen molar-refractivity contribution in [2.75, 3.05) is 18.8 Å². The Morgan fingerprint density at radius 1 is 1.33 bits per heavy atom. The molecule has 2 bridgehead atoms. The molecule has 5 heteroatoms. The summed E-state index contributed by atoms with van der Waals surface area (Å²) in [6, 6.07) is 8.01. The zero-order chi connectivity index (χ0) is 14.8. The Kier molecular flexibility index (Phi) is 4.01. The van der Waals surface area contributed by atoms with Crippen molar-refractivity contribution >= 4 is 11.7 Å². The number of carboxylic acids is 1. The number of carbonyl (C=O) groups is 1. The zero-order valence-corrected chi connectivity index (χ0v) is 12.1. The number of piperidine rings is 2. The first kappa shape index (κ1) is 14.2. The number of nitrogens with two attached hydrogens (primary N) is 1. The topological polar surface area (TPSA) is 75.8 Å². The van der Waals surface area contributed by atoms with Crippen LogP contribution in [-0.4, -0.2) is 41.2 Å². The molecule has 0 aromatic heterocycles. The van der Waals surface area contributed by atoms with Gasteiger partial charge in [0.05, 0.1) is 6.42 Å². The minimum atomic E-state index is -0.717. The van der Waals surface area contributed by atoms with Crippen molar-refractivity contribution in [1.29, 1.82) is 0 Å². The van der Waals surface area contributed by atoms with Crippen molar-refractivity contribution in [2.45, 2.75) is 37.8 Å². The lowest BCUT2D eigenvalue weighted by Crippen LogP contribution is -2.55. The molecule has 2 saturated heterocycles. The van der Waals surface area contributed by atoms with Gasteiger partial charge in [0.15, 0.2) is 0 Å². The standard InChI is InChI=1S/C16H22N2O3/c17-12-2-5-14(6-3-12)21-15-9-13-4-1-11(15)10-18(13)8-7-16(19)20/h2-3,5-6,11,13,15H,1,4,7-10,17H2,(H,19,20). The quantitative estimate of drug-likeness (QED) is 0.811. The van der Waals surface area contributed by atoms with Gasteiger partial charge in [-0.1, -0.05) is 0 Å². The number of nitrogen functional groups attached to an aromatic ring is 1. The Morgan fingerprint density at radius 3 is 2.71 bits per heavy atom. The van der Waals surface area contributed by atoms with Gasteiger partial charge in [0.2, 0.25) is 0 Å². The van der Waals surface area contributed by atoms with E-state index < -0.39 is 5.97 Å². The second-order valence-electron chi connectivity index (χ2n) is 6.09. The summed E-state index contributed by atoms with van der Waals surface area (Å²) in [5.74, 6) is 0.659. The van der Waals surface area contributed by atoms with Crippen LogP contribution in [0, 0.1) is 5.92 Å². The van der Waals surface area contributed by atoms with Crippen molar-refractivity contribution in [1.82, 2.24) is 4.90 Å². The molecular formula is C16H22N2O3. The number of fused-ring (bicyclic) bond motifs is 3. The lowest BCUT2D eigenvalue weighted by atomic mass is 9.77. The fraction of sp³-hybridized carbons (Fsp3) is 0.562. The van der Waals surface area contributed by atoms with Crippen LogP contribution in [0.1, 0.15) is 25.7 Å². The number of aliphatic carboxylic acids is 1. The number of rotatable bonds is 5. The number of ether oxygens (including phenoxy) is 1. The van der Waals surface area contributed by atoms with Crippen molar-refractivity contribution < 1.29 is 14.6 Å². The van der Waals surface area contributed by atoms with E-state index in [4.69, 9.17) is 15.6 Å². The van der Waals surface area contributed by atoms with Gasteiger partial charge in [-0.3, -0.25) is 9.69 Å². The van der Waals surface area contributed by atoms with E-state index in [9.17, 15) is 4.79 Å². The molecule has 3 aliphatic rings. The van der Waals surface area contributed by atoms with Crippen LogP contribution in [0.4, 0.5) is 5.69 Å². The Hall–Kier alpha value is -1.75. The first-order chi connectivity index (χ1) is 10.1. The van der Waals surface area contributed by atoms with Gasteiger partial charge >= 0.3 is 5.97 Å². The molecule has 1 saturated carbocycles. The molecular weight excluding hydrogens is 268 g/mol. The summed E-state index contributed by atoms with van der Waals surface area (Å²) in [6.07, 6.45) is 3.80. The Balaban J connectivity index is 1.58. The van der Waals surface area contributed by atoms with E-state index in [-0.39, 0.29) is 12.5 Å². The highest BCUT2D eigenvalue weighted by molar-refractivity contribution is 5.66. The highest BCUT2D eigenvalue weighted by Crippen LogP contribution is 2.37. The maximum Gasteiger partial charge on any atom is 0.304 e. The summed E-state index contributed by atoms with van der Waals surface area (Å²) >= 11 is 0. The van der Waals surface area contributed by atoms with E-state index in [2.05, 4.69) is 4.90 Å². The van der Waals surface area contributed by atoms with Crippen LogP contribution in [0.25, 0.3) is 0 Å². The molecule has 21 heavy (non-hydrogen) atoms. The first-order valence-corrected chi connectivity index (χ1v) is 7.60. The van der Waals surface area contributed by atoms with E-state index in [1.807, 2.05) is 24.3 Å². The van der Waals surface area contributed by atoms with Gasteiger partial charge < -0.3 is 15.6 Å². The van der Waals surface area contributed by atoms with Gasteiger partial charge in [-0.25, -0.2) is 0 Å². The van der Waals surface area contributed by atoms with Gasteiger partial charge in [0.25, 0.3) is 0 Å². The molecule has 2 aliphatic heterocycles. The second-order valence-corrected chi connectivity index (χ2v) is 6.09. The van der Waals surface area contributed by atoms with Crippen molar-refractivity contribution in [2.24, 2.45) is 5.92 Å². The number of hydrogen-bond donors (Lipinski definition) is 2. The average molecular weight is 290 g/mol. The maximum atomic E-state index is 10.7. The molecule has 114 valence electrons. The molecule has 3 atom stereocenters. The molecule has 0 spiro atoms. The van der Waals surface area contributed by atoms with Crippen LogP contribution in [0.5, 0.6) is 5.75 Å². The highest BCUT2D eigenvalue weighted by Gasteiger charge is 2.41. The smallest absolute Gasteiger partial charge is 0.304 e. The second kappa shape index (κ2) is 5.93. The first-order valence-electron chi connectivity index (χ1n) is 7.60. The van der Waals surface area contributed by atoms with E-state index in [1.54, 1.807) is 0 Å². The van der Waals surface area contributed by atoms with Crippen LogP contribution in [0.2, 0.25) is 0 Å². The maximum absolute atomic E-state index is 10.7. The van der Waals surface area contributed by atoms with Crippen LogP contribution >= 0.6 is 0 Å². The number of benzene rings is 1. The average Bonchev–Trinajstić information content (AvgIpc) is 2.48. The molecule has 0 radical (unpaired) electrons. The largest absolute Gasteiger partial charge is 0.490 e. The summed E-state index contributed by atoms with van der Waals surface area (Å²) in [5, 5.41) is 8.82. The third kappa shape index (κ3) is 3.29. The predicted octanol–water partition coefficient (Wildman–Crippen LogP) is 1.98. The minimum Gasteiger partial charge on any atom is -0.490 e. The molecule has 3 N–H and O–H groups in total. The summed E-state index contributed by atoms with van der Waals surface area (Å²) in [4.78, 5) is 13.0. The van der Waals surface area contributed by atoms with Crippen LogP contribution in [0.15, 0.2) is 24.3 Å². The fourth-order valence-electron chi connectivity index (χ4n) is 3.54. The third-order valence-corrected chi connectivity index (χ3v) is 4.67. The molecule has 5 nitrogen and oxygen atoms in total. The van der Waals surface area contributed by atoms with Crippen molar-refractivity contribution in [3.63, 3.8) is 0 Å². The SMILES string of the molecule is Nc1ccc(OC2CC3CCC2CN3CCC(=O)O)cc1. The number of carboxylic acid groups (broad SMARTS) is 1. The molecule has 2 heterocycles. The fourth-order valence-corrected chi connectivity index (χ4v) is 3.54. The van der Waals surface area contributed by atoms with Crippen molar-refractivity contribution in [3.05, 3.63) is 24.3 Å². The Labute approximate surface area is 124 Å². The predicted molar refractivity (Wildman–Crippen MR) is 80.2 cm³/mol. The summed E-state index contributed by atoms with van der Waals surface area (Å²) in [5.41, 5.74) is 6.43. The van der Waals surface area contributed by atoms with E-state index in [0.29, 0.717) is 18.5 Å². The van der Waals surface area contributed by atoms with Crippen molar-refractivity contribution in [3.8, 4) is 5.75 Å². The number of anilines is 1. The number of hydrogen-bond acceptors (Lipinski definition) is 4. The molecule has 0 amide bonds. The lowest BCUT2D eigenvalue weighted by Gasteiger charge is -2.49. The van der Waals surface area contributed by atoms with E-state index in [1.165, 1.54) is 6.42 Å². The Morgan fingerprint density at radius 2 is 2.10 bits per heavy atom. The van der Waals surface area contributed by atoms with Gasteiger partial charge in [0.1, 0.15) is 11.9 Å². The minimum absolute atomic E-state index is 0.229. The van der Waals surface area contributed by atoms with Gasteiger partial charge in [0, 0.05) is 37.2 Å².